The van der Waals surface area contributed by atoms with Gasteiger partial charge in [0.15, 0.2) is 6.54 Å². The molecule has 0 saturated carbocycles. The monoisotopic (exact) mass is 503 g/mol. The third-order valence-electron chi connectivity index (χ3n) is 5.47. The summed E-state index contributed by atoms with van der Waals surface area (Å²) < 4.78 is 34.7. The number of hydrogen-bond acceptors (Lipinski definition) is 5. The first kappa shape index (κ1) is 21.7. The predicted molar refractivity (Wildman–Crippen MR) is 134 cm³/mol. The molecule has 0 unspecified atom stereocenters. The molecular formula is C23H20ClN2O3S3+. The van der Waals surface area contributed by atoms with E-state index in [9.17, 15) is 8.42 Å². The first-order valence-corrected chi connectivity index (χ1v) is 13.6. The molecule has 1 N–H and O–H groups in total. The van der Waals surface area contributed by atoms with E-state index in [1.807, 2.05) is 24.3 Å². The van der Waals surface area contributed by atoms with Crippen LogP contribution in [0.3, 0.4) is 0 Å². The molecule has 0 spiro atoms. The smallest absolute Gasteiger partial charge is 0.265 e. The van der Waals surface area contributed by atoms with Gasteiger partial charge in [0, 0.05) is 34.8 Å². The standard InChI is InChI=1S/C23H19ClN2O3S3/c1-25-21(31-20-9-7-15-5-2-3-6-17(15)23(20)25)14-22-26(11-4-12-32(27,28)29)18-13-16(24)8-10-19(18)30-22/h2-3,5-10,13-14H,4,11-12H2,1H3/p+1. The highest BCUT2D eigenvalue weighted by molar-refractivity contribution is 8.04. The number of aromatic nitrogens is 1. The van der Waals surface area contributed by atoms with Crippen molar-refractivity contribution in [1.82, 2.24) is 0 Å². The SMILES string of the molecule is CN1C(=Cc2sc3ccc(Cl)cc3[n+]2CCCS(=O)(=O)O)Sc2ccc3ccccc3c21. The van der Waals surface area contributed by atoms with E-state index < -0.39 is 10.1 Å². The lowest BCUT2D eigenvalue weighted by atomic mass is 10.1. The van der Waals surface area contributed by atoms with Crippen molar-refractivity contribution in [3.8, 4) is 0 Å². The summed E-state index contributed by atoms with van der Waals surface area (Å²) in [5.41, 5.74) is 2.15. The Labute approximate surface area is 199 Å². The van der Waals surface area contributed by atoms with Gasteiger partial charge in [-0.3, -0.25) is 4.55 Å². The van der Waals surface area contributed by atoms with Crippen LogP contribution in [0.15, 0.2) is 64.5 Å². The van der Waals surface area contributed by atoms with E-state index in [-0.39, 0.29) is 5.75 Å². The fourth-order valence-electron chi connectivity index (χ4n) is 4.00. The van der Waals surface area contributed by atoms with Crippen LogP contribution in [-0.2, 0) is 16.7 Å². The van der Waals surface area contributed by atoms with Gasteiger partial charge >= 0.3 is 0 Å². The van der Waals surface area contributed by atoms with Crippen LogP contribution in [0.2, 0.25) is 5.02 Å². The number of thiazole rings is 1. The van der Waals surface area contributed by atoms with Gasteiger partial charge in [-0.2, -0.15) is 13.0 Å². The van der Waals surface area contributed by atoms with E-state index in [2.05, 4.69) is 52.9 Å². The van der Waals surface area contributed by atoms with Gasteiger partial charge in [0.25, 0.3) is 15.1 Å². The molecule has 0 saturated heterocycles. The van der Waals surface area contributed by atoms with Crippen LogP contribution >= 0.6 is 34.7 Å². The average molecular weight is 504 g/mol. The molecule has 0 fully saturated rings. The van der Waals surface area contributed by atoms with Crippen LogP contribution in [0.1, 0.15) is 11.4 Å². The first-order chi connectivity index (χ1) is 15.3. The third-order valence-corrected chi connectivity index (χ3v) is 8.77. The lowest BCUT2D eigenvalue weighted by molar-refractivity contribution is -0.668. The minimum Gasteiger partial charge on any atom is -0.337 e. The normalized spacial score (nSPS) is 15.2. The fourth-order valence-corrected chi connectivity index (χ4v) is 6.95. The maximum Gasteiger partial charge on any atom is 0.265 e. The molecule has 2 heterocycles. The summed E-state index contributed by atoms with van der Waals surface area (Å²) >= 11 is 9.60. The second-order valence-corrected chi connectivity index (χ2v) is 11.8. The van der Waals surface area contributed by atoms with Crippen LogP contribution in [0.25, 0.3) is 27.1 Å². The molecule has 0 radical (unpaired) electrons. The summed E-state index contributed by atoms with van der Waals surface area (Å²) in [7, 11) is -1.93. The minimum absolute atomic E-state index is 0.278. The number of nitrogens with zero attached hydrogens (tertiary/aromatic N) is 2. The average Bonchev–Trinajstić information content (AvgIpc) is 3.25. The Bertz CT molecular complexity index is 1500. The van der Waals surface area contributed by atoms with Crippen molar-refractivity contribution in [1.29, 1.82) is 0 Å². The zero-order valence-electron chi connectivity index (χ0n) is 17.2. The Morgan fingerprint density at radius 3 is 2.78 bits per heavy atom. The first-order valence-electron chi connectivity index (χ1n) is 10.0. The zero-order chi connectivity index (χ0) is 22.5. The van der Waals surface area contributed by atoms with Crippen molar-refractivity contribution < 1.29 is 17.5 Å². The number of benzene rings is 3. The van der Waals surface area contributed by atoms with Gasteiger partial charge in [-0.15, -0.1) is 0 Å². The number of hydrogen-bond donors (Lipinski definition) is 1. The van der Waals surface area contributed by atoms with E-state index in [1.165, 1.54) is 21.4 Å². The molecule has 1 aliphatic heterocycles. The van der Waals surface area contributed by atoms with Gasteiger partial charge in [0.05, 0.1) is 22.5 Å². The maximum atomic E-state index is 11.2. The van der Waals surface area contributed by atoms with Crippen molar-refractivity contribution in [2.45, 2.75) is 17.9 Å². The molecule has 5 nitrogen and oxygen atoms in total. The molecular weight excluding hydrogens is 484 g/mol. The summed E-state index contributed by atoms with van der Waals surface area (Å²) in [6, 6.07) is 18.4. The maximum absolute atomic E-state index is 11.2. The summed E-state index contributed by atoms with van der Waals surface area (Å²) in [6.45, 7) is 0.462. The highest BCUT2D eigenvalue weighted by Gasteiger charge is 2.27. The van der Waals surface area contributed by atoms with Gasteiger partial charge in [0.2, 0.25) is 5.52 Å². The molecule has 32 heavy (non-hydrogen) atoms. The fraction of sp³-hybridized carbons (Fsp3) is 0.174. The topological polar surface area (TPSA) is 61.5 Å². The van der Waals surface area contributed by atoms with Gasteiger partial charge < -0.3 is 4.90 Å². The second-order valence-electron chi connectivity index (χ2n) is 7.62. The van der Waals surface area contributed by atoms with Crippen LogP contribution in [0.5, 0.6) is 0 Å². The van der Waals surface area contributed by atoms with E-state index in [0.717, 1.165) is 20.3 Å². The van der Waals surface area contributed by atoms with Crippen molar-refractivity contribution in [3.05, 3.63) is 69.7 Å². The van der Waals surface area contributed by atoms with Crippen LogP contribution in [0, 0.1) is 0 Å². The van der Waals surface area contributed by atoms with Crippen molar-refractivity contribution in [2.24, 2.45) is 0 Å². The summed E-state index contributed by atoms with van der Waals surface area (Å²) in [6.07, 6.45) is 2.46. The zero-order valence-corrected chi connectivity index (χ0v) is 20.4. The molecule has 0 aliphatic carbocycles. The van der Waals surface area contributed by atoms with E-state index in [1.54, 1.807) is 23.1 Å². The Balaban J connectivity index is 1.57. The van der Waals surface area contributed by atoms with Crippen molar-refractivity contribution in [2.75, 3.05) is 17.7 Å². The number of aryl methyl sites for hydroxylation is 1. The molecule has 164 valence electrons. The second kappa shape index (κ2) is 8.35. The van der Waals surface area contributed by atoms with E-state index in [4.69, 9.17) is 16.2 Å². The Hall–Kier alpha value is -2.10. The Morgan fingerprint density at radius 1 is 1.16 bits per heavy atom. The lowest BCUT2D eigenvalue weighted by Crippen LogP contribution is -2.36. The molecule has 3 aromatic carbocycles. The van der Waals surface area contributed by atoms with Gasteiger partial charge in [-0.1, -0.05) is 65.0 Å². The quantitative estimate of drug-likeness (QED) is 0.275. The summed E-state index contributed by atoms with van der Waals surface area (Å²) in [4.78, 5) is 3.42. The Kier molecular flexibility index (Phi) is 5.67. The highest BCUT2D eigenvalue weighted by atomic mass is 35.5. The molecule has 9 heteroatoms. The third kappa shape index (κ3) is 4.13. The lowest BCUT2D eigenvalue weighted by Gasteiger charge is -2.15. The molecule has 4 aromatic rings. The molecule has 0 atom stereocenters. The molecule has 1 aliphatic rings. The number of thioether (sulfide) groups is 1. The summed E-state index contributed by atoms with van der Waals surface area (Å²) in [5.74, 6) is -0.278. The minimum atomic E-state index is -4.00. The van der Waals surface area contributed by atoms with Crippen molar-refractivity contribution in [3.63, 3.8) is 0 Å². The molecule has 0 bridgehead atoms. The van der Waals surface area contributed by atoms with Gasteiger partial charge in [0.1, 0.15) is 4.70 Å². The highest BCUT2D eigenvalue weighted by Crippen LogP contribution is 2.49. The van der Waals surface area contributed by atoms with Crippen LogP contribution in [-0.4, -0.2) is 25.8 Å². The number of anilines is 1. The number of rotatable bonds is 5. The van der Waals surface area contributed by atoms with E-state index in [0.29, 0.717) is 18.0 Å². The van der Waals surface area contributed by atoms with E-state index >= 15 is 0 Å². The summed E-state index contributed by atoms with van der Waals surface area (Å²) in [5, 5.41) is 5.15. The van der Waals surface area contributed by atoms with Gasteiger partial charge in [-0.25, -0.2) is 0 Å². The molecule has 0 amide bonds. The number of halogens is 1. The molecule has 1 aromatic heterocycles. The van der Waals surface area contributed by atoms with Crippen LogP contribution < -0.4 is 9.47 Å². The predicted octanol–water partition coefficient (Wildman–Crippen LogP) is 5.81. The largest absolute Gasteiger partial charge is 0.337 e. The van der Waals surface area contributed by atoms with Crippen LogP contribution in [0.4, 0.5) is 5.69 Å². The van der Waals surface area contributed by atoms with Crippen molar-refractivity contribution >= 4 is 77.6 Å². The Morgan fingerprint density at radius 2 is 1.97 bits per heavy atom. The van der Waals surface area contributed by atoms with Gasteiger partial charge in [-0.05, 0) is 23.6 Å². The number of fused-ring (bicyclic) bond motifs is 4. The molecule has 5 rings (SSSR count).